The highest BCUT2D eigenvalue weighted by molar-refractivity contribution is 7.54. The van der Waals surface area contributed by atoms with Gasteiger partial charge >= 0.3 is 25.3 Å². The second-order valence-corrected chi connectivity index (χ2v) is 14.5. The maximum Gasteiger partial charge on any atom is 0.342 e. The molecular formula is C28H41FN7O10P. The monoisotopic (exact) mass is 685 g/mol. The summed E-state index contributed by atoms with van der Waals surface area (Å²) in [6.45, 7) is 2.04. The van der Waals surface area contributed by atoms with Gasteiger partial charge in [0.2, 0.25) is 0 Å². The minimum Gasteiger partial charge on any atom is -0.461 e. The summed E-state index contributed by atoms with van der Waals surface area (Å²) in [4.78, 5) is 54.6. The van der Waals surface area contributed by atoms with Gasteiger partial charge in [0, 0.05) is 17.2 Å². The first-order valence-corrected chi connectivity index (χ1v) is 17.6. The fraction of sp³-hybridized carbons (Fsp3) is 0.786. The number of carbonyl (C=O) groups excluding carboxylic acids is 2. The highest BCUT2D eigenvalue weighted by atomic mass is 31.2. The van der Waals surface area contributed by atoms with Gasteiger partial charge in [-0.25, -0.2) is 19.4 Å². The molecule has 4 fully saturated rings. The van der Waals surface area contributed by atoms with Crippen LogP contribution < -0.4 is 21.4 Å². The molecule has 0 amide bonds. The van der Waals surface area contributed by atoms with Crippen LogP contribution >= 0.6 is 7.67 Å². The molecule has 260 valence electrons. The molecule has 4 N–H and O–H groups in total. The molecule has 1 aromatic rings. The number of rotatable bonds is 13. The maximum atomic E-state index is 16.1. The lowest BCUT2D eigenvalue weighted by atomic mass is 9.98. The molecule has 7 atom stereocenters. The Labute approximate surface area is 269 Å². The summed E-state index contributed by atoms with van der Waals surface area (Å²) in [5, 5.41) is 20.1. The van der Waals surface area contributed by atoms with Crippen molar-refractivity contribution in [2.45, 2.75) is 132 Å². The number of alkyl halides is 1. The Morgan fingerprint density at radius 2 is 1.64 bits per heavy atom. The van der Waals surface area contributed by atoms with E-state index in [-0.39, 0.29) is 12.2 Å². The molecule has 1 saturated heterocycles. The maximum absolute atomic E-state index is 16.1. The zero-order valence-corrected chi connectivity index (χ0v) is 27.1. The van der Waals surface area contributed by atoms with Gasteiger partial charge in [0.15, 0.2) is 18.0 Å². The van der Waals surface area contributed by atoms with Gasteiger partial charge in [0.1, 0.15) is 36.0 Å². The van der Waals surface area contributed by atoms with Gasteiger partial charge in [-0.15, -0.1) is 0 Å². The van der Waals surface area contributed by atoms with Gasteiger partial charge < -0.3 is 19.3 Å². The third-order valence-corrected chi connectivity index (χ3v) is 11.2. The number of nitrogens with one attached hydrogen (secondary N) is 3. The van der Waals surface area contributed by atoms with E-state index in [0.717, 1.165) is 50.8 Å². The standard InChI is InChI=1S/C28H41FN7O10P/c1-16(23(38)43-18-9-5-3-6-10-18)33-47(42,34-17(2)24(39)44-19-11-7-4-8-12-19)46-25-27(15-31-35-30)28(25,41)21(29)22(45-27)36-14-13-20(37)32-26(36)40/h13-14,16-19,21-22,25,41H,3-12,15H2,1-2H3,(H,32,37,40)(H2,33,34,42)/t16?,17?,21-,22+,25?,27+,28+,47?/m0/s1. The van der Waals surface area contributed by atoms with Crippen molar-refractivity contribution in [2.24, 2.45) is 5.11 Å². The van der Waals surface area contributed by atoms with E-state index in [2.05, 4.69) is 20.2 Å². The van der Waals surface area contributed by atoms with E-state index in [9.17, 15) is 28.8 Å². The van der Waals surface area contributed by atoms with Gasteiger partial charge in [-0.05, 0) is 70.7 Å². The summed E-state index contributed by atoms with van der Waals surface area (Å²) in [6.07, 6.45) is 2.72. The van der Waals surface area contributed by atoms with Crippen molar-refractivity contribution in [3.63, 3.8) is 0 Å². The fourth-order valence-electron chi connectivity index (χ4n) is 6.64. The molecule has 3 unspecified atom stereocenters. The van der Waals surface area contributed by atoms with E-state index < -0.39 is 79.2 Å². The quantitative estimate of drug-likeness (QED) is 0.0770. The minimum absolute atomic E-state index is 0.317. The van der Waals surface area contributed by atoms with Crippen molar-refractivity contribution >= 4 is 19.6 Å². The first-order chi connectivity index (χ1) is 22.3. The first-order valence-electron chi connectivity index (χ1n) is 15.9. The summed E-state index contributed by atoms with van der Waals surface area (Å²) in [7, 11) is -4.60. The number of hydrogen-bond donors (Lipinski definition) is 4. The van der Waals surface area contributed by atoms with Crippen LogP contribution in [0.15, 0.2) is 27.0 Å². The number of nitrogens with zero attached hydrogens (tertiary/aromatic N) is 4. The molecule has 19 heteroatoms. The van der Waals surface area contributed by atoms with Crippen LogP contribution in [0.1, 0.15) is 84.3 Å². The minimum atomic E-state index is -4.60. The molecule has 5 rings (SSSR count). The molecule has 2 heterocycles. The van der Waals surface area contributed by atoms with Crippen LogP contribution in [-0.4, -0.2) is 80.9 Å². The van der Waals surface area contributed by atoms with Gasteiger partial charge in [-0.1, -0.05) is 18.0 Å². The highest BCUT2D eigenvalue weighted by Crippen LogP contribution is 2.68. The van der Waals surface area contributed by atoms with Crippen LogP contribution in [-0.2, 0) is 32.9 Å². The van der Waals surface area contributed by atoms with Crippen LogP contribution in [0.2, 0.25) is 0 Å². The second kappa shape index (κ2) is 14.2. The zero-order valence-electron chi connectivity index (χ0n) is 26.2. The summed E-state index contributed by atoms with van der Waals surface area (Å²) >= 11 is 0. The fourth-order valence-corrected chi connectivity index (χ4v) is 8.70. The molecule has 1 aromatic heterocycles. The molecule has 0 radical (unpaired) electrons. The average Bonchev–Trinajstić information content (AvgIpc) is 3.43. The SMILES string of the molecule is CC(NP(=O)(NC(C)C(=O)OC1CCCCC1)OC1[C@@]2(CN=[N+]=[N-])O[C@@H](n3ccc(=O)[nH]c3=O)[C@H](F)[C@@]12O)C(=O)OC1CCCCC1. The number of azide groups is 1. The molecule has 17 nitrogen and oxygen atoms in total. The smallest absolute Gasteiger partial charge is 0.342 e. The van der Waals surface area contributed by atoms with Gasteiger partial charge in [0.25, 0.3) is 5.56 Å². The Morgan fingerprint density at radius 1 is 1.11 bits per heavy atom. The zero-order chi connectivity index (χ0) is 34.0. The Morgan fingerprint density at radius 3 is 2.13 bits per heavy atom. The van der Waals surface area contributed by atoms with Crippen molar-refractivity contribution < 1.29 is 42.4 Å². The van der Waals surface area contributed by atoms with Crippen molar-refractivity contribution in [1.82, 2.24) is 19.7 Å². The molecular weight excluding hydrogens is 644 g/mol. The van der Waals surface area contributed by atoms with Crippen molar-refractivity contribution in [3.05, 3.63) is 43.5 Å². The molecule has 3 saturated carbocycles. The average molecular weight is 686 g/mol. The van der Waals surface area contributed by atoms with E-state index in [4.69, 9.17) is 24.3 Å². The Balaban J connectivity index is 1.38. The molecule has 0 bridgehead atoms. The summed E-state index contributed by atoms with van der Waals surface area (Å²) in [5.74, 6) is -1.48. The topological polar surface area (TPSA) is 236 Å². The normalized spacial score (nSPS) is 31.9. The summed E-state index contributed by atoms with van der Waals surface area (Å²) in [5.41, 5.74) is 2.49. The van der Waals surface area contributed by atoms with E-state index in [0.29, 0.717) is 30.3 Å². The second-order valence-electron chi connectivity index (χ2n) is 12.7. The molecule has 4 aliphatic rings. The van der Waals surface area contributed by atoms with E-state index in [1.165, 1.54) is 13.8 Å². The largest absolute Gasteiger partial charge is 0.461 e. The van der Waals surface area contributed by atoms with E-state index in [1.54, 1.807) is 0 Å². The number of carbonyl (C=O) groups is 2. The molecule has 47 heavy (non-hydrogen) atoms. The molecule has 0 aromatic carbocycles. The number of fused-ring (bicyclic) bond motifs is 1. The van der Waals surface area contributed by atoms with Crippen LogP contribution in [0.3, 0.4) is 0 Å². The number of halogens is 1. The van der Waals surface area contributed by atoms with Crippen LogP contribution in [0, 0.1) is 0 Å². The molecule has 3 aliphatic carbocycles. The first kappa shape index (κ1) is 35.2. The third kappa shape index (κ3) is 7.19. The Kier molecular flexibility index (Phi) is 10.6. The van der Waals surface area contributed by atoms with E-state index >= 15 is 4.39 Å². The number of esters is 2. The van der Waals surface area contributed by atoms with Gasteiger partial charge in [-0.3, -0.25) is 33.0 Å². The predicted molar refractivity (Wildman–Crippen MR) is 162 cm³/mol. The lowest BCUT2D eigenvalue weighted by molar-refractivity contribution is -0.152. The molecule has 0 spiro atoms. The van der Waals surface area contributed by atoms with E-state index in [1.807, 2.05) is 4.98 Å². The van der Waals surface area contributed by atoms with Gasteiger partial charge in [0.05, 0.1) is 6.54 Å². The highest BCUT2D eigenvalue weighted by Gasteiger charge is 2.89. The molecule has 1 aliphatic heterocycles. The lowest BCUT2D eigenvalue weighted by Crippen LogP contribution is -2.45. The summed E-state index contributed by atoms with van der Waals surface area (Å²) < 4.78 is 54.0. The number of hydrogen-bond acceptors (Lipinski definition) is 11. The number of ether oxygens (including phenoxy) is 3. The lowest BCUT2D eigenvalue weighted by Gasteiger charge is -2.30. The summed E-state index contributed by atoms with van der Waals surface area (Å²) in [6, 6.07) is -1.57. The van der Waals surface area contributed by atoms with Crippen LogP contribution in [0.25, 0.3) is 10.4 Å². The van der Waals surface area contributed by atoms with Gasteiger partial charge in [-0.2, -0.15) is 0 Å². The van der Waals surface area contributed by atoms with Crippen molar-refractivity contribution in [1.29, 1.82) is 0 Å². The number of H-pyrrole nitrogens is 1. The van der Waals surface area contributed by atoms with Crippen molar-refractivity contribution in [3.8, 4) is 0 Å². The van der Waals surface area contributed by atoms with Crippen LogP contribution in [0.5, 0.6) is 0 Å². The van der Waals surface area contributed by atoms with Crippen LogP contribution in [0.4, 0.5) is 4.39 Å². The Hall–Kier alpha value is -3.11. The Bertz CT molecular complexity index is 1500. The predicted octanol–water partition coefficient (Wildman–Crippen LogP) is 2.40. The third-order valence-electron chi connectivity index (χ3n) is 9.27. The number of aliphatic hydroxyl groups is 1. The van der Waals surface area contributed by atoms with Crippen molar-refractivity contribution in [2.75, 3.05) is 6.54 Å². The number of aromatic amines is 1. The number of aromatic nitrogens is 2.